The van der Waals surface area contributed by atoms with Crippen LogP contribution >= 0.6 is 39.1 Å². The number of hydrogen-bond donors (Lipinski definition) is 1. The average molecular weight is 643 g/mol. The molecule has 0 unspecified atom stereocenters. The Kier molecular flexibility index (Phi) is 8.26. The molecule has 0 radical (unpaired) electrons. The third-order valence-electron chi connectivity index (χ3n) is 6.78. The van der Waals surface area contributed by atoms with Crippen molar-refractivity contribution in [1.29, 1.82) is 0 Å². The van der Waals surface area contributed by atoms with Crippen LogP contribution < -0.4 is 14.8 Å². The maximum Gasteiger partial charge on any atom is 0.336 e. The summed E-state index contributed by atoms with van der Waals surface area (Å²) in [5.41, 5.74) is 5.11. The summed E-state index contributed by atoms with van der Waals surface area (Å²) >= 11 is 15.9. The number of rotatable bonds is 8. The maximum atomic E-state index is 13.8. The second-order valence-electron chi connectivity index (χ2n) is 9.28. The largest absolute Gasteiger partial charge is 0.490 e. The number of fused-ring (bicyclic) bond motifs is 2. The van der Waals surface area contributed by atoms with Gasteiger partial charge in [-0.15, -0.1) is 0 Å². The molecule has 0 spiro atoms. The van der Waals surface area contributed by atoms with E-state index in [0.717, 1.165) is 11.1 Å². The van der Waals surface area contributed by atoms with Gasteiger partial charge in [0.15, 0.2) is 17.3 Å². The average Bonchev–Trinajstić information content (AvgIpc) is 3.20. The van der Waals surface area contributed by atoms with Gasteiger partial charge in [-0.2, -0.15) is 0 Å². The van der Waals surface area contributed by atoms with Crippen LogP contribution in [-0.2, 0) is 16.1 Å². The van der Waals surface area contributed by atoms with Gasteiger partial charge in [-0.25, -0.2) is 4.79 Å². The third-order valence-corrected chi connectivity index (χ3v) is 8.10. The summed E-state index contributed by atoms with van der Waals surface area (Å²) < 4.78 is 18.2. The number of dihydropyridines is 1. The molecule has 0 amide bonds. The number of hydrogen-bond acceptors (Lipinski definition) is 6. The van der Waals surface area contributed by atoms with Gasteiger partial charge in [-0.05, 0) is 72.1 Å². The van der Waals surface area contributed by atoms with Crippen molar-refractivity contribution in [3.8, 4) is 11.5 Å². The smallest absolute Gasteiger partial charge is 0.336 e. The standard InChI is InChI=1S/C31H26BrCl2NO5/c1-4-38-24-14-18(13-21(32)30(24)40-15-17-10-11-22(33)23(34)12-17)26-25(31(37)39-5-2)16(3)35-28-19-8-6-7-9-20(19)29(36)27(26)28/h6-14,26,35H,4-5,15H2,1-3H3/t26-/m1/s1. The summed E-state index contributed by atoms with van der Waals surface area (Å²) in [6, 6.07) is 16.4. The van der Waals surface area contributed by atoms with Crippen molar-refractivity contribution in [3.63, 3.8) is 0 Å². The second kappa shape index (κ2) is 11.7. The molecule has 0 aromatic heterocycles. The molecule has 3 aromatic carbocycles. The Labute approximate surface area is 251 Å². The fourth-order valence-electron chi connectivity index (χ4n) is 5.08. The molecular weight excluding hydrogens is 617 g/mol. The predicted molar refractivity (Wildman–Crippen MR) is 159 cm³/mol. The highest BCUT2D eigenvalue weighted by Gasteiger charge is 2.43. The van der Waals surface area contributed by atoms with Crippen molar-refractivity contribution in [2.24, 2.45) is 0 Å². The van der Waals surface area contributed by atoms with Gasteiger partial charge in [0.1, 0.15) is 6.61 Å². The van der Waals surface area contributed by atoms with Gasteiger partial charge in [0, 0.05) is 28.3 Å². The van der Waals surface area contributed by atoms with Gasteiger partial charge < -0.3 is 19.5 Å². The monoisotopic (exact) mass is 641 g/mol. The van der Waals surface area contributed by atoms with Crippen molar-refractivity contribution in [2.45, 2.75) is 33.3 Å². The van der Waals surface area contributed by atoms with Crippen LogP contribution in [-0.4, -0.2) is 25.0 Å². The highest BCUT2D eigenvalue weighted by atomic mass is 79.9. The van der Waals surface area contributed by atoms with E-state index in [-0.39, 0.29) is 19.0 Å². The van der Waals surface area contributed by atoms with E-state index in [9.17, 15) is 9.59 Å². The molecule has 1 heterocycles. The molecule has 1 atom stereocenters. The number of halogens is 3. The molecule has 0 saturated heterocycles. The number of benzene rings is 3. The molecule has 40 heavy (non-hydrogen) atoms. The van der Waals surface area contributed by atoms with E-state index in [1.165, 1.54) is 0 Å². The third kappa shape index (κ3) is 5.14. The first-order valence-electron chi connectivity index (χ1n) is 12.8. The first kappa shape index (κ1) is 28.3. The van der Waals surface area contributed by atoms with Gasteiger partial charge in [0.2, 0.25) is 0 Å². The Morgan fingerprint density at radius 3 is 2.42 bits per heavy atom. The highest BCUT2D eigenvalue weighted by molar-refractivity contribution is 9.10. The normalized spacial score (nSPS) is 15.9. The second-order valence-corrected chi connectivity index (χ2v) is 10.9. The Hall–Kier alpha value is -3.26. The minimum absolute atomic E-state index is 0.133. The van der Waals surface area contributed by atoms with Gasteiger partial charge in [-0.1, -0.05) is 53.5 Å². The molecule has 206 valence electrons. The summed E-state index contributed by atoms with van der Waals surface area (Å²) in [6.07, 6.45) is 0. The summed E-state index contributed by atoms with van der Waals surface area (Å²) in [6.45, 7) is 6.25. The van der Waals surface area contributed by atoms with E-state index in [2.05, 4.69) is 21.2 Å². The van der Waals surface area contributed by atoms with E-state index in [1.54, 1.807) is 25.1 Å². The van der Waals surface area contributed by atoms with Crippen molar-refractivity contribution in [3.05, 3.63) is 108 Å². The molecule has 1 aliphatic heterocycles. The fraction of sp³-hybridized carbons (Fsp3) is 0.226. The van der Waals surface area contributed by atoms with Crippen LogP contribution in [0.15, 0.2) is 75.9 Å². The maximum absolute atomic E-state index is 13.8. The van der Waals surface area contributed by atoms with Crippen molar-refractivity contribution in [1.82, 2.24) is 5.32 Å². The van der Waals surface area contributed by atoms with Crippen LogP contribution in [0.4, 0.5) is 0 Å². The van der Waals surface area contributed by atoms with Gasteiger partial charge >= 0.3 is 5.97 Å². The van der Waals surface area contributed by atoms with Gasteiger partial charge in [0.05, 0.1) is 39.0 Å². The molecule has 0 fully saturated rings. The molecule has 1 aliphatic carbocycles. The number of Topliss-reactive ketones (excluding diaryl/α,β-unsaturated/α-hetero) is 1. The topological polar surface area (TPSA) is 73.9 Å². The molecule has 9 heteroatoms. The number of carbonyl (C=O) groups is 2. The van der Waals surface area contributed by atoms with Crippen LogP contribution in [0, 0.1) is 0 Å². The molecular formula is C31H26BrCl2NO5. The first-order valence-corrected chi connectivity index (χ1v) is 14.4. The number of ketones is 1. The molecule has 1 N–H and O–H groups in total. The Balaban J connectivity index is 1.61. The molecule has 2 aliphatic rings. The minimum atomic E-state index is -0.685. The summed E-state index contributed by atoms with van der Waals surface area (Å²) in [5, 5.41) is 4.22. The lowest BCUT2D eigenvalue weighted by Crippen LogP contribution is -2.29. The van der Waals surface area contributed by atoms with E-state index in [4.69, 9.17) is 37.4 Å². The molecule has 6 nitrogen and oxygen atoms in total. The first-order chi connectivity index (χ1) is 19.2. The summed E-state index contributed by atoms with van der Waals surface area (Å²) in [4.78, 5) is 27.1. The van der Waals surface area contributed by atoms with Crippen LogP contribution in [0.25, 0.3) is 5.70 Å². The van der Waals surface area contributed by atoms with E-state index < -0.39 is 11.9 Å². The predicted octanol–water partition coefficient (Wildman–Crippen LogP) is 7.87. The van der Waals surface area contributed by atoms with Crippen molar-refractivity contribution >= 4 is 56.6 Å². The number of nitrogens with one attached hydrogen (secondary N) is 1. The molecule has 0 saturated carbocycles. The molecule has 3 aromatic rings. The molecule has 5 rings (SSSR count). The summed E-state index contributed by atoms with van der Waals surface area (Å²) in [5.74, 6) is -0.348. The SMILES string of the molecule is CCOC(=O)C1=C(C)NC2=C(C(=O)c3ccccc32)[C@@H]1c1cc(Br)c(OCc2ccc(Cl)c(Cl)c2)c(OCC)c1. The minimum Gasteiger partial charge on any atom is -0.490 e. The number of allylic oxidation sites excluding steroid dienone is 2. The zero-order valence-electron chi connectivity index (χ0n) is 22.1. The van der Waals surface area contributed by atoms with Crippen LogP contribution in [0.3, 0.4) is 0 Å². The Bertz CT molecular complexity index is 1600. The van der Waals surface area contributed by atoms with Gasteiger partial charge in [-0.3, -0.25) is 4.79 Å². The van der Waals surface area contributed by atoms with Gasteiger partial charge in [0.25, 0.3) is 0 Å². The Morgan fingerprint density at radius 2 is 1.73 bits per heavy atom. The van der Waals surface area contributed by atoms with Crippen molar-refractivity contribution < 1.29 is 23.8 Å². The zero-order chi connectivity index (χ0) is 28.6. The van der Waals surface area contributed by atoms with Crippen LogP contribution in [0.1, 0.15) is 53.7 Å². The van der Waals surface area contributed by atoms with E-state index in [0.29, 0.717) is 66.3 Å². The fourth-order valence-corrected chi connectivity index (χ4v) is 5.98. The quantitative estimate of drug-likeness (QED) is 0.252. The van der Waals surface area contributed by atoms with Crippen LogP contribution in [0.2, 0.25) is 10.0 Å². The zero-order valence-corrected chi connectivity index (χ0v) is 25.2. The molecule has 0 bridgehead atoms. The lowest BCUT2D eigenvalue weighted by atomic mass is 9.79. The van der Waals surface area contributed by atoms with Crippen molar-refractivity contribution in [2.75, 3.05) is 13.2 Å². The van der Waals surface area contributed by atoms with E-state index in [1.807, 2.05) is 50.2 Å². The van der Waals surface area contributed by atoms with E-state index >= 15 is 0 Å². The Morgan fingerprint density at radius 1 is 0.975 bits per heavy atom. The lowest BCUT2D eigenvalue weighted by molar-refractivity contribution is -0.138. The summed E-state index contributed by atoms with van der Waals surface area (Å²) in [7, 11) is 0. The number of esters is 1. The van der Waals surface area contributed by atoms with Crippen LogP contribution in [0.5, 0.6) is 11.5 Å². The lowest BCUT2D eigenvalue weighted by Gasteiger charge is -2.30. The number of carbonyl (C=O) groups excluding carboxylic acids is 2. The highest BCUT2D eigenvalue weighted by Crippen LogP contribution is 2.49. The number of ether oxygens (including phenoxy) is 3.